The van der Waals surface area contributed by atoms with Crippen molar-refractivity contribution in [2.75, 3.05) is 23.3 Å². The van der Waals surface area contributed by atoms with E-state index in [0.717, 1.165) is 30.2 Å². The highest BCUT2D eigenvalue weighted by molar-refractivity contribution is 7.99. The van der Waals surface area contributed by atoms with E-state index in [1.165, 1.54) is 23.9 Å². The number of nitrogens with two attached hydrogens (primary N) is 1. The summed E-state index contributed by atoms with van der Waals surface area (Å²) in [6, 6.07) is 8.08. The first-order valence-electron chi connectivity index (χ1n) is 9.73. The molecule has 1 amide bonds. The van der Waals surface area contributed by atoms with Gasteiger partial charge in [0.2, 0.25) is 5.91 Å². The van der Waals surface area contributed by atoms with Gasteiger partial charge in [0, 0.05) is 41.9 Å². The molecule has 0 radical (unpaired) electrons. The Morgan fingerprint density at radius 3 is 2.53 bits per heavy atom. The Labute approximate surface area is 187 Å². The van der Waals surface area contributed by atoms with E-state index in [2.05, 4.69) is 25.2 Å². The summed E-state index contributed by atoms with van der Waals surface area (Å²) in [5.41, 5.74) is 6.55. The van der Waals surface area contributed by atoms with Gasteiger partial charge < -0.3 is 21.4 Å². The number of nitrogens with one attached hydrogen (secondary N) is 2. The predicted octanol–water partition coefficient (Wildman–Crippen LogP) is 4.15. The molecule has 1 fully saturated rings. The number of hydrogen-bond donors (Lipinski definition) is 3. The summed E-state index contributed by atoms with van der Waals surface area (Å²) in [5, 5.41) is 10.2. The minimum atomic E-state index is -4.56. The molecule has 0 atom stereocenters. The number of nitrogens with zero attached hydrogens (tertiary/aromatic N) is 4. The summed E-state index contributed by atoms with van der Waals surface area (Å²) < 4.78 is 36.9. The van der Waals surface area contributed by atoms with Crippen LogP contribution in [-0.4, -0.2) is 46.7 Å². The highest BCUT2D eigenvalue weighted by atomic mass is 32.2. The number of anilines is 2. The van der Waals surface area contributed by atoms with Gasteiger partial charge in [-0.1, -0.05) is 0 Å². The summed E-state index contributed by atoms with van der Waals surface area (Å²) in [6.45, 7) is 3.40. The second kappa shape index (κ2) is 9.98. The Bertz CT molecular complexity index is 1020. The van der Waals surface area contributed by atoms with Crippen molar-refractivity contribution in [3.05, 3.63) is 30.3 Å². The molecule has 32 heavy (non-hydrogen) atoms. The van der Waals surface area contributed by atoms with Gasteiger partial charge >= 0.3 is 6.18 Å². The zero-order valence-corrected chi connectivity index (χ0v) is 18.1. The van der Waals surface area contributed by atoms with Crippen LogP contribution in [0.2, 0.25) is 0 Å². The zero-order valence-electron chi connectivity index (χ0n) is 17.2. The van der Waals surface area contributed by atoms with Crippen LogP contribution in [0.5, 0.6) is 0 Å². The second-order valence-corrected chi connectivity index (χ2v) is 8.28. The lowest BCUT2D eigenvalue weighted by Crippen LogP contribution is -2.37. The summed E-state index contributed by atoms with van der Waals surface area (Å²) in [4.78, 5) is 27.5. The standard InChI is InChI=1S/C20H22F3N7OS/c1-12(24)9-15(25)27-16-10-17(30-7-2-8-30)29-19(28-16)32-14-5-3-13(4-6-14)26-18(31)11-20(21,22)23/h3-6,10,24H,2,7-9,11H2,1H3,(H,26,31)(H2,25,27,28,29). The van der Waals surface area contributed by atoms with Crippen molar-refractivity contribution in [1.29, 1.82) is 5.41 Å². The largest absolute Gasteiger partial charge is 0.397 e. The summed E-state index contributed by atoms with van der Waals surface area (Å²) >= 11 is 1.25. The lowest BCUT2D eigenvalue weighted by molar-refractivity contribution is -0.150. The molecule has 8 nitrogen and oxygen atoms in total. The molecule has 3 rings (SSSR count). The van der Waals surface area contributed by atoms with Crippen LogP contribution in [0.3, 0.4) is 0 Å². The maximum Gasteiger partial charge on any atom is 0.397 e. The molecule has 0 spiro atoms. The van der Waals surface area contributed by atoms with Gasteiger partial charge in [0.25, 0.3) is 0 Å². The van der Waals surface area contributed by atoms with Crippen molar-refractivity contribution < 1.29 is 18.0 Å². The predicted molar refractivity (Wildman–Crippen MR) is 118 cm³/mol. The number of carbonyl (C=O) groups is 1. The van der Waals surface area contributed by atoms with Crippen molar-refractivity contribution in [2.24, 2.45) is 10.7 Å². The summed E-state index contributed by atoms with van der Waals surface area (Å²) in [6.07, 6.45) is -4.78. The Morgan fingerprint density at radius 1 is 1.28 bits per heavy atom. The number of carbonyl (C=O) groups excluding carboxylic acids is 1. The summed E-state index contributed by atoms with van der Waals surface area (Å²) in [7, 11) is 0. The van der Waals surface area contributed by atoms with Crippen molar-refractivity contribution in [3.8, 4) is 0 Å². The maximum atomic E-state index is 12.3. The average molecular weight is 466 g/mol. The molecule has 2 heterocycles. The van der Waals surface area contributed by atoms with Gasteiger partial charge in [-0.2, -0.15) is 13.2 Å². The number of halogens is 3. The number of amidine groups is 1. The number of benzene rings is 1. The minimum Gasteiger partial charge on any atom is -0.387 e. The zero-order chi connectivity index (χ0) is 23.3. The van der Waals surface area contributed by atoms with Crippen LogP contribution >= 0.6 is 11.8 Å². The van der Waals surface area contributed by atoms with Crippen molar-refractivity contribution in [3.63, 3.8) is 0 Å². The lowest BCUT2D eigenvalue weighted by atomic mass is 10.2. The first-order valence-corrected chi connectivity index (χ1v) is 10.5. The number of amides is 1. The third kappa shape index (κ3) is 7.22. The van der Waals surface area contributed by atoms with E-state index in [4.69, 9.17) is 11.1 Å². The van der Waals surface area contributed by atoms with Crippen LogP contribution < -0.4 is 16.0 Å². The lowest BCUT2D eigenvalue weighted by Gasteiger charge is -2.32. The van der Waals surface area contributed by atoms with E-state index in [1.807, 2.05) is 0 Å². The maximum absolute atomic E-state index is 12.3. The average Bonchev–Trinajstić information content (AvgIpc) is 2.59. The van der Waals surface area contributed by atoms with E-state index < -0.39 is 18.5 Å². The van der Waals surface area contributed by atoms with Crippen LogP contribution in [0.4, 0.5) is 30.5 Å². The normalized spacial score (nSPS) is 14.1. The molecule has 1 aliphatic heterocycles. The van der Waals surface area contributed by atoms with E-state index in [9.17, 15) is 18.0 Å². The van der Waals surface area contributed by atoms with Gasteiger partial charge in [0.15, 0.2) is 11.0 Å². The molecule has 0 unspecified atom stereocenters. The van der Waals surface area contributed by atoms with E-state index in [1.54, 1.807) is 25.1 Å². The third-order valence-electron chi connectivity index (χ3n) is 4.27. The van der Waals surface area contributed by atoms with Crippen LogP contribution in [0.25, 0.3) is 0 Å². The van der Waals surface area contributed by atoms with Gasteiger partial charge in [-0.15, -0.1) is 0 Å². The molecule has 12 heteroatoms. The number of aliphatic imine (C=N–C) groups is 1. The Kier molecular flexibility index (Phi) is 7.33. The van der Waals surface area contributed by atoms with E-state index in [0.29, 0.717) is 16.7 Å². The highest BCUT2D eigenvalue weighted by Gasteiger charge is 2.31. The van der Waals surface area contributed by atoms with Gasteiger partial charge in [-0.3, -0.25) is 4.79 Å². The van der Waals surface area contributed by atoms with Gasteiger partial charge in [0.05, 0.1) is 0 Å². The van der Waals surface area contributed by atoms with Crippen molar-refractivity contribution >= 4 is 46.5 Å². The molecule has 1 aliphatic rings. The highest BCUT2D eigenvalue weighted by Crippen LogP contribution is 2.31. The van der Waals surface area contributed by atoms with Crippen LogP contribution in [0, 0.1) is 5.41 Å². The Balaban J connectivity index is 1.75. The molecule has 170 valence electrons. The van der Waals surface area contributed by atoms with Crippen LogP contribution in [0.15, 0.2) is 45.4 Å². The third-order valence-corrected chi connectivity index (χ3v) is 5.14. The molecule has 2 aromatic rings. The first-order chi connectivity index (χ1) is 15.1. The fourth-order valence-electron chi connectivity index (χ4n) is 2.77. The number of aromatic nitrogens is 2. The van der Waals surface area contributed by atoms with E-state index >= 15 is 0 Å². The summed E-state index contributed by atoms with van der Waals surface area (Å²) in [5.74, 6) is 0.270. The molecular formula is C20H22F3N7OS. The number of rotatable bonds is 8. The van der Waals surface area contributed by atoms with E-state index in [-0.39, 0.29) is 17.9 Å². The molecule has 4 N–H and O–H groups in total. The van der Waals surface area contributed by atoms with Crippen molar-refractivity contribution in [2.45, 2.75) is 42.4 Å². The molecular weight excluding hydrogens is 443 g/mol. The molecule has 1 aromatic heterocycles. The SMILES string of the molecule is CC(=N)CC(N)=Nc1cc(N2CCC2)nc(Sc2ccc(NC(=O)CC(F)(F)F)cc2)n1. The molecule has 1 aromatic carbocycles. The van der Waals surface area contributed by atoms with Gasteiger partial charge in [-0.25, -0.2) is 15.0 Å². The van der Waals surface area contributed by atoms with Gasteiger partial charge in [-0.05, 0) is 49.4 Å². The van der Waals surface area contributed by atoms with Crippen molar-refractivity contribution in [1.82, 2.24) is 9.97 Å². The smallest absolute Gasteiger partial charge is 0.387 e. The molecule has 1 saturated heterocycles. The molecule has 0 saturated carbocycles. The number of hydrogen-bond acceptors (Lipinski definition) is 7. The minimum absolute atomic E-state index is 0.243. The Morgan fingerprint density at radius 2 is 1.97 bits per heavy atom. The number of alkyl halides is 3. The van der Waals surface area contributed by atoms with Crippen LogP contribution in [0.1, 0.15) is 26.2 Å². The molecule has 0 aliphatic carbocycles. The quantitative estimate of drug-likeness (QED) is 0.306. The fraction of sp³-hybridized carbons (Fsp3) is 0.350. The second-order valence-electron chi connectivity index (χ2n) is 7.23. The topological polar surface area (TPSA) is 120 Å². The first kappa shape index (κ1) is 23.5. The molecule has 0 bridgehead atoms. The monoisotopic (exact) mass is 465 g/mol. The van der Waals surface area contributed by atoms with Crippen LogP contribution in [-0.2, 0) is 4.79 Å². The van der Waals surface area contributed by atoms with Gasteiger partial charge in [0.1, 0.15) is 18.1 Å². The fourth-order valence-corrected chi connectivity index (χ4v) is 3.53. The Hall–Kier alpha value is -3.15.